The van der Waals surface area contributed by atoms with Gasteiger partial charge in [-0.15, -0.1) is 0 Å². The van der Waals surface area contributed by atoms with Gasteiger partial charge in [0.05, 0.1) is 72.7 Å². The predicted octanol–water partition coefficient (Wildman–Crippen LogP) is 12.7. The minimum Gasteiger partial charge on any atom is -0.388 e. The first-order valence-corrected chi connectivity index (χ1v) is 38.1. The Hall–Kier alpha value is -7.15. The molecule has 3 aliphatic rings. The van der Waals surface area contributed by atoms with Gasteiger partial charge in [0.25, 0.3) is 0 Å². The third-order valence-corrected chi connectivity index (χ3v) is 19.3. The number of nitrogens with one attached hydrogen (secondary N) is 1. The van der Waals surface area contributed by atoms with Gasteiger partial charge < -0.3 is 76.7 Å². The zero-order chi connectivity index (χ0) is 68.4. The largest absolute Gasteiger partial charge is 0.388 e. The molecule has 0 radical (unpaired) electrons. The molecule has 0 spiro atoms. The maximum Gasteiger partial charge on any atom is 0.217 e. The van der Waals surface area contributed by atoms with Crippen LogP contribution in [0.5, 0.6) is 0 Å². The SMILES string of the molecule is CC(=O)N[C@@H]1[C@H](O[C@H]2[C@@H](OCc3ccccc3)[C@@H](COCc3ccccc3)O[C@@H](O[C@H]3[C@H](OCc4ccccc4)[C@@H](OCc4ccccc4)[C@H](OCC[Si](C)(C)C)O[C@@H]3COCc3ccccc3)[C@@H]2OCc2ccccc2)O[C@H](COCc2ccccc2)[C@@H](O)[C@@H]1OCc1ccccc1. The Bertz CT molecular complexity index is 3540. The van der Waals surface area contributed by atoms with E-state index in [9.17, 15) is 9.90 Å². The van der Waals surface area contributed by atoms with E-state index in [2.05, 4.69) is 25.0 Å². The number of carbonyl (C=O) groups excluding carboxylic acids is 1. The molecule has 0 bridgehead atoms. The van der Waals surface area contributed by atoms with Crippen molar-refractivity contribution in [3.8, 4) is 0 Å². The first-order valence-electron chi connectivity index (χ1n) is 34.4. The van der Waals surface area contributed by atoms with Crippen LogP contribution in [-0.4, -0.2) is 138 Å². The topological polar surface area (TPSA) is 179 Å². The standard InChI is InChI=1S/C81H95NO16Si/c1-58(83)82-70-74(90-51-63-37-21-9-22-38-63)71(84)67(55-85-47-59-29-13-5-14-30-59)94-79(70)98-76-72(89-50-62-35-19-8-20-36-62)68(56-86-48-60-31-15-6-16-32-60)96-81(78(76)93-54-66-43-27-12-28-44-66)97-73-69(57-87-49-61-33-17-7-18-34-61)95-80(88-45-46-99(2,3)4)77(92-53-65-41-25-11-26-42-65)75(73)91-52-64-39-23-10-24-40-64/h5-44,67-81,84H,45-57H2,1-4H3,(H,82,83)/t67-,68-,69-,70+,71-,72+,73-,74-,75+,76+,77-,78-,79+,80-,81+/m1/s1. The minimum absolute atomic E-state index is 0.0212. The molecule has 1 amide bonds. The average Bonchev–Trinajstić information content (AvgIpc) is 0.766. The van der Waals surface area contributed by atoms with Crippen LogP contribution in [0.4, 0.5) is 0 Å². The summed E-state index contributed by atoms with van der Waals surface area (Å²) in [4.78, 5) is 13.8. The molecule has 3 heterocycles. The van der Waals surface area contributed by atoms with Gasteiger partial charge in [-0.1, -0.05) is 262 Å². The van der Waals surface area contributed by atoms with E-state index in [0.29, 0.717) is 6.61 Å². The maximum atomic E-state index is 13.8. The van der Waals surface area contributed by atoms with Crippen LogP contribution < -0.4 is 5.32 Å². The number of hydrogen-bond acceptors (Lipinski definition) is 16. The number of aliphatic hydroxyl groups excluding tert-OH is 1. The van der Waals surface area contributed by atoms with Crippen LogP contribution in [-0.2, 0) is 124 Å². The fourth-order valence-electron chi connectivity index (χ4n) is 12.3. The monoisotopic (exact) mass is 1370 g/mol. The van der Waals surface area contributed by atoms with Crippen molar-refractivity contribution in [2.45, 2.75) is 178 Å². The first kappa shape index (κ1) is 73.1. The van der Waals surface area contributed by atoms with E-state index in [4.69, 9.17) is 66.3 Å². The van der Waals surface area contributed by atoms with E-state index in [1.54, 1.807) is 0 Å². The molecule has 15 atom stereocenters. The number of carbonyl (C=O) groups is 1. The second-order valence-electron chi connectivity index (χ2n) is 26.5. The molecule has 17 nitrogen and oxygen atoms in total. The molecule has 3 fully saturated rings. The highest BCUT2D eigenvalue weighted by Gasteiger charge is 2.57. The predicted molar refractivity (Wildman–Crippen MR) is 377 cm³/mol. The third kappa shape index (κ3) is 22.4. The summed E-state index contributed by atoms with van der Waals surface area (Å²) in [6, 6.07) is 78.6. The molecule has 8 aromatic rings. The average molecular weight is 1370 g/mol. The number of benzene rings is 8. The number of rotatable bonds is 36. The van der Waals surface area contributed by atoms with Crippen LogP contribution in [0.15, 0.2) is 243 Å². The van der Waals surface area contributed by atoms with Crippen molar-refractivity contribution >= 4 is 14.0 Å². The fraction of sp³-hybridized carbons (Fsp3) is 0.395. The van der Waals surface area contributed by atoms with Gasteiger partial charge in [0.1, 0.15) is 73.2 Å². The van der Waals surface area contributed by atoms with E-state index >= 15 is 0 Å². The minimum atomic E-state index is -1.64. The van der Waals surface area contributed by atoms with Crippen molar-refractivity contribution < 1.29 is 76.2 Å². The molecule has 524 valence electrons. The van der Waals surface area contributed by atoms with Crippen LogP contribution in [0.1, 0.15) is 51.4 Å². The number of ether oxygens (including phenoxy) is 14. The van der Waals surface area contributed by atoms with E-state index in [1.165, 1.54) is 6.92 Å². The van der Waals surface area contributed by atoms with Gasteiger partial charge in [-0.25, -0.2) is 0 Å². The van der Waals surface area contributed by atoms with Crippen LogP contribution in [0.25, 0.3) is 0 Å². The summed E-state index contributed by atoms with van der Waals surface area (Å²) < 4.78 is 99.9. The smallest absolute Gasteiger partial charge is 0.217 e. The molecule has 99 heavy (non-hydrogen) atoms. The summed E-state index contributed by atoms with van der Waals surface area (Å²) in [5, 5.41) is 15.7. The Balaban J connectivity index is 1.04. The summed E-state index contributed by atoms with van der Waals surface area (Å²) in [5.74, 6) is -0.420. The lowest BCUT2D eigenvalue weighted by atomic mass is 9.94. The van der Waals surface area contributed by atoms with Crippen LogP contribution in [0.2, 0.25) is 25.7 Å². The highest BCUT2D eigenvalue weighted by molar-refractivity contribution is 6.76. The van der Waals surface area contributed by atoms with Crippen molar-refractivity contribution in [2.75, 3.05) is 26.4 Å². The fourth-order valence-corrected chi connectivity index (χ4v) is 13.0. The van der Waals surface area contributed by atoms with Crippen molar-refractivity contribution in [3.05, 3.63) is 287 Å². The number of hydrogen-bond donors (Lipinski definition) is 2. The molecule has 18 heteroatoms. The van der Waals surface area contributed by atoms with E-state index in [-0.39, 0.29) is 72.7 Å². The van der Waals surface area contributed by atoms with Crippen LogP contribution >= 0.6 is 0 Å². The molecule has 0 saturated carbocycles. The third-order valence-electron chi connectivity index (χ3n) is 17.6. The first-order chi connectivity index (χ1) is 48.5. The summed E-state index contributed by atoms with van der Waals surface area (Å²) >= 11 is 0. The van der Waals surface area contributed by atoms with Crippen molar-refractivity contribution in [2.24, 2.45) is 0 Å². The highest BCUT2D eigenvalue weighted by atomic mass is 28.3. The lowest BCUT2D eigenvalue weighted by Crippen LogP contribution is -2.69. The Labute approximate surface area is 583 Å². The summed E-state index contributed by atoms with van der Waals surface area (Å²) in [7, 11) is -1.64. The molecule has 11 rings (SSSR count). The van der Waals surface area contributed by atoms with Crippen molar-refractivity contribution in [1.82, 2.24) is 5.32 Å². The number of aliphatic hydroxyl groups is 1. The lowest BCUT2D eigenvalue weighted by Gasteiger charge is -2.51. The van der Waals surface area contributed by atoms with Crippen LogP contribution in [0.3, 0.4) is 0 Å². The highest BCUT2D eigenvalue weighted by Crippen LogP contribution is 2.39. The summed E-state index contributed by atoms with van der Waals surface area (Å²) in [5.41, 5.74) is 7.24. The molecule has 0 aromatic heterocycles. The van der Waals surface area contributed by atoms with Gasteiger partial charge in [-0.05, 0) is 50.6 Å². The van der Waals surface area contributed by atoms with E-state index in [1.807, 2.05) is 243 Å². The Morgan fingerprint density at radius 3 is 1.04 bits per heavy atom. The Kier molecular flexibility index (Phi) is 28.1. The summed E-state index contributed by atoms with van der Waals surface area (Å²) in [6.07, 6.45) is -15.4. The molecular weight excluding hydrogens is 1270 g/mol. The summed E-state index contributed by atoms with van der Waals surface area (Å²) in [6.45, 7) is 9.94. The van der Waals surface area contributed by atoms with Gasteiger partial charge >= 0.3 is 0 Å². The molecule has 3 aliphatic heterocycles. The van der Waals surface area contributed by atoms with E-state index < -0.39 is 106 Å². The molecular formula is C81H95NO16Si. The Morgan fingerprint density at radius 1 is 0.354 bits per heavy atom. The van der Waals surface area contributed by atoms with Gasteiger partial charge in [0.2, 0.25) is 5.91 Å². The van der Waals surface area contributed by atoms with Crippen molar-refractivity contribution in [3.63, 3.8) is 0 Å². The molecule has 0 aliphatic carbocycles. The lowest BCUT2D eigenvalue weighted by molar-refractivity contribution is -0.389. The molecule has 3 saturated heterocycles. The molecule has 8 aromatic carbocycles. The second-order valence-corrected chi connectivity index (χ2v) is 32.2. The molecule has 2 N–H and O–H groups in total. The van der Waals surface area contributed by atoms with Gasteiger partial charge in [0.15, 0.2) is 18.9 Å². The van der Waals surface area contributed by atoms with Crippen LogP contribution in [0, 0.1) is 0 Å². The zero-order valence-electron chi connectivity index (χ0n) is 57.0. The molecule has 0 unspecified atom stereocenters. The number of amides is 1. The van der Waals surface area contributed by atoms with Gasteiger partial charge in [-0.2, -0.15) is 0 Å². The quantitative estimate of drug-likeness (QED) is 0.0354. The van der Waals surface area contributed by atoms with Crippen molar-refractivity contribution in [1.29, 1.82) is 0 Å². The van der Waals surface area contributed by atoms with Gasteiger partial charge in [-0.3, -0.25) is 4.79 Å². The normalized spacial score (nSPS) is 25.6. The maximum absolute atomic E-state index is 13.8. The second kappa shape index (κ2) is 38.0. The zero-order valence-corrected chi connectivity index (χ0v) is 58.0. The Morgan fingerprint density at radius 2 is 0.657 bits per heavy atom. The van der Waals surface area contributed by atoms with Gasteiger partial charge in [0, 0.05) is 21.6 Å². The van der Waals surface area contributed by atoms with E-state index in [0.717, 1.165) is 50.6 Å².